The molecular weight excluding hydrogens is 270 g/mol. The zero-order valence-electron chi connectivity index (χ0n) is 12.6. The molecule has 0 saturated carbocycles. The third kappa shape index (κ3) is 7.15. The quantitative estimate of drug-likeness (QED) is 0.816. The Morgan fingerprint density at radius 2 is 2.05 bits per heavy atom. The Balaban J connectivity index is 2.37. The van der Waals surface area contributed by atoms with Gasteiger partial charge in [-0.25, -0.2) is 9.59 Å². The number of carbonyl (C=O) groups is 2. The highest BCUT2D eigenvalue weighted by Crippen LogP contribution is 2.08. The summed E-state index contributed by atoms with van der Waals surface area (Å²) in [6.45, 7) is 5.88. The minimum Gasteiger partial charge on any atom is -0.478 e. The van der Waals surface area contributed by atoms with Gasteiger partial charge in [0, 0.05) is 6.54 Å². The second-order valence-corrected chi connectivity index (χ2v) is 5.55. The van der Waals surface area contributed by atoms with Crippen LogP contribution in [0.25, 0.3) is 6.08 Å². The number of carboxylic acids is 1. The first-order chi connectivity index (χ1) is 9.78. The number of aromatic carboxylic acids is 1. The number of rotatable bonds is 5. The summed E-state index contributed by atoms with van der Waals surface area (Å²) in [6.07, 6.45) is 3.89. The van der Waals surface area contributed by atoms with Crippen molar-refractivity contribution in [1.82, 2.24) is 5.32 Å². The molecule has 5 heteroatoms. The average molecular weight is 291 g/mol. The number of benzene rings is 1. The van der Waals surface area contributed by atoms with Crippen LogP contribution in [0.2, 0.25) is 0 Å². The molecule has 0 radical (unpaired) electrons. The van der Waals surface area contributed by atoms with Crippen LogP contribution in [-0.4, -0.2) is 29.3 Å². The second kappa shape index (κ2) is 7.47. The van der Waals surface area contributed by atoms with Crippen LogP contribution in [0.1, 0.15) is 43.1 Å². The van der Waals surface area contributed by atoms with E-state index in [1.54, 1.807) is 18.2 Å². The largest absolute Gasteiger partial charge is 0.478 e. The topological polar surface area (TPSA) is 75.6 Å². The molecule has 21 heavy (non-hydrogen) atoms. The molecule has 0 aliphatic rings. The highest BCUT2D eigenvalue weighted by molar-refractivity contribution is 5.88. The molecule has 0 aliphatic heterocycles. The molecule has 1 aromatic carbocycles. The van der Waals surface area contributed by atoms with E-state index in [4.69, 9.17) is 9.84 Å². The molecule has 1 aromatic rings. The van der Waals surface area contributed by atoms with Crippen LogP contribution in [0.4, 0.5) is 4.79 Å². The average Bonchev–Trinajstić information content (AvgIpc) is 2.36. The molecule has 0 heterocycles. The van der Waals surface area contributed by atoms with E-state index in [1.165, 1.54) is 0 Å². The Hall–Kier alpha value is -2.30. The van der Waals surface area contributed by atoms with Crippen LogP contribution in [0.5, 0.6) is 0 Å². The Morgan fingerprint density at radius 1 is 1.33 bits per heavy atom. The van der Waals surface area contributed by atoms with Gasteiger partial charge < -0.3 is 15.2 Å². The van der Waals surface area contributed by atoms with Crippen LogP contribution in [-0.2, 0) is 4.74 Å². The first kappa shape index (κ1) is 16.8. The summed E-state index contributed by atoms with van der Waals surface area (Å²) >= 11 is 0. The van der Waals surface area contributed by atoms with Gasteiger partial charge in [-0.1, -0.05) is 24.3 Å². The lowest BCUT2D eigenvalue weighted by Crippen LogP contribution is -2.32. The Kier molecular flexibility index (Phi) is 5.96. The number of alkyl carbamates (subject to hydrolysis) is 1. The Morgan fingerprint density at radius 3 is 2.67 bits per heavy atom. The van der Waals surface area contributed by atoms with Gasteiger partial charge in [0.25, 0.3) is 0 Å². The SMILES string of the molecule is CC(C)(C)OC(=O)NCCC=Cc1cccc(C(=O)O)c1. The predicted octanol–water partition coefficient (Wildman–Crippen LogP) is 3.31. The predicted molar refractivity (Wildman–Crippen MR) is 81.3 cm³/mol. The van der Waals surface area contributed by atoms with Gasteiger partial charge >= 0.3 is 12.1 Å². The summed E-state index contributed by atoms with van der Waals surface area (Å²) in [6, 6.07) is 6.66. The summed E-state index contributed by atoms with van der Waals surface area (Å²) in [5.74, 6) is -0.947. The summed E-state index contributed by atoms with van der Waals surface area (Å²) < 4.78 is 5.11. The van der Waals surface area contributed by atoms with Crippen LogP contribution in [0, 0.1) is 0 Å². The third-order valence-electron chi connectivity index (χ3n) is 2.42. The van der Waals surface area contributed by atoms with Crippen molar-refractivity contribution in [2.24, 2.45) is 0 Å². The molecule has 1 amide bonds. The number of amides is 1. The van der Waals surface area contributed by atoms with Gasteiger partial charge in [0.2, 0.25) is 0 Å². The summed E-state index contributed by atoms with van der Waals surface area (Å²) in [5.41, 5.74) is 0.563. The van der Waals surface area contributed by atoms with E-state index in [0.29, 0.717) is 13.0 Å². The zero-order valence-corrected chi connectivity index (χ0v) is 12.6. The smallest absolute Gasteiger partial charge is 0.407 e. The van der Waals surface area contributed by atoms with Crippen molar-refractivity contribution >= 4 is 18.1 Å². The number of hydrogen-bond donors (Lipinski definition) is 2. The molecule has 0 atom stereocenters. The minimum absolute atomic E-state index is 0.254. The maximum absolute atomic E-state index is 11.4. The van der Waals surface area contributed by atoms with Crippen molar-refractivity contribution in [3.63, 3.8) is 0 Å². The van der Waals surface area contributed by atoms with E-state index in [0.717, 1.165) is 5.56 Å². The summed E-state index contributed by atoms with van der Waals surface area (Å²) in [4.78, 5) is 22.2. The number of hydrogen-bond acceptors (Lipinski definition) is 3. The molecule has 5 nitrogen and oxygen atoms in total. The fourth-order valence-electron chi connectivity index (χ4n) is 1.57. The summed E-state index contributed by atoms with van der Waals surface area (Å²) in [5, 5.41) is 11.5. The van der Waals surface area contributed by atoms with Gasteiger partial charge in [-0.3, -0.25) is 0 Å². The molecule has 0 spiro atoms. The molecule has 114 valence electrons. The number of ether oxygens (including phenoxy) is 1. The van der Waals surface area contributed by atoms with Gasteiger partial charge in [0.1, 0.15) is 5.60 Å². The molecular formula is C16H21NO4. The van der Waals surface area contributed by atoms with E-state index in [9.17, 15) is 9.59 Å². The van der Waals surface area contributed by atoms with Crippen molar-refractivity contribution in [3.8, 4) is 0 Å². The van der Waals surface area contributed by atoms with Crippen molar-refractivity contribution in [3.05, 3.63) is 41.5 Å². The minimum atomic E-state index is -0.947. The van der Waals surface area contributed by atoms with E-state index in [1.807, 2.05) is 39.0 Å². The highest BCUT2D eigenvalue weighted by Gasteiger charge is 2.15. The number of carboxylic acid groups (broad SMARTS) is 1. The van der Waals surface area contributed by atoms with Gasteiger partial charge in [0.15, 0.2) is 0 Å². The Labute approximate surface area is 124 Å². The molecule has 0 aliphatic carbocycles. The highest BCUT2D eigenvalue weighted by atomic mass is 16.6. The fraction of sp³-hybridized carbons (Fsp3) is 0.375. The molecule has 0 saturated heterocycles. The molecule has 1 rings (SSSR count). The maximum atomic E-state index is 11.4. The number of carbonyl (C=O) groups excluding carboxylic acids is 1. The van der Waals surface area contributed by atoms with Crippen molar-refractivity contribution in [2.45, 2.75) is 32.8 Å². The molecule has 0 aromatic heterocycles. The lowest BCUT2D eigenvalue weighted by Gasteiger charge is -2.19. The van der Waals surface area contributed by atoms with E-state index < -0.39 is 17.7 Å². The van der Waals surface area contributed by atoms with E-state index >= 15 is 0 Å². The summed E-state index contributed by atoms with van der Waals surface area (Å²) in [7, 11) is 0. The van der Waals surface area contributed by atoms with Gasteiger partial charge in [-0.2, -0.15) is 0 Å². The first-order valence-corrected chi connectivity index (χ1v) is 6.75. The van der Waals surface area contributed by atoms with Crippen LogP contribution >= 0.6 is 0 Å². The first-order valence-electron chi connectivity index (χ1n) is 6.75. The van der Waals surface area contributed by atoms with E-state index in [-0.39, 0.29) is 5.56 Å². The van der Waals surface area contributed by atoms with Gasteiger partial charge in [-0.05, 0) is 44.9 Å². The van der Waals surface area contributed by atoms with Crippen molar-refractivity contribution in [1.29, 1.82) is 0 Å². The lowest BCUT2D eigenvalue weighted by atomic mass is 10.1. The Bertz CT molecular complexity index is 529. The second-order valence-electron chi connectivity index (χ2n) is 5.55. The zero-order chi connectivity index (χ0) is 15.9. The standard InChI is InChI=1S/C16H21NO4/c1-16(2,3)21-15(20)17-10-5-4-7-12-8-6-9-13(11-12)14(18)19/h4,6-9,11H,5,10H2,1-3H3,(H,17,20)(H,18,19). The van der Waals surface area contributed by atoms with Crippen molar-refractivity contribution in [2.75, 3.05) is 6.54 Å². The molecule has 0 fully saturated rings. The molecule has 2 N–H and O–H groups in total. The van der Waals surface area contributed by atoms with Crippen molar-refractivity contribution < 1.29 is 19.4 Å². The van der Waals surface area contributed by atoms with Crippen LogP contribution in [0.3, 0.4) is 0 Å². The van der Waals surface area contributed by atoms with E-state index in [2.05, 4.69) is 5.32 Å². The third-order valence-corrected chi connectivity index (χ3v) is 2.42. The van der Waals surface area contributed by atoms with Gasteiger partial charge in [-0.15, -0.1) is 0 Å². The fourth-order valence-corrected chi connectivity index (χ4v) is 1.57. The lowest BCUT2D eigenvalue weighted by molar-refractivity contribution is 0.0528. The normalized spacial score (nSPS) is 11.4. The number of nitrogens with one attached hydrogen (secondary N) is 1. The van der Waals surface area contributed by atoms with Gasteiger partial charge in [0.05, 0.1) is 5.56 Å². The molecule has 0 bridgehead atoms. The molecule has 0 unspecified atom stereocenters. The van der Waals surface area contributed by atoms with Crippen LogP contribution < -0.4 is 5.32 Å². The van der Waals surface area contributed by atoms with Crippen LogP contribution in [0.15, 0.2) is 30.3 Å². The monoisotopic (exact) mass is 291 g/mol. The maximum Gasteiger partial charge on any atom is 0.407 e.